The van der Waals surface area contributed by atoms with Crippen LogP contribution in [0.15, 0.2) is 65.3 Å². The minimum Gasteiger partial charge on any atom is -0.467 e. The standard InChI is InChI=1S/C23H21Cl2N3O4/c1-14(28-23(31)18-8-3-9-19(24)20(18)25)21(29)26-12-15-5-2-6-16(11-15)22(30)27-13-17-7-4-10-32-17/h2-11,14H,12-13H2,1H3,(H,26,29)(H,27,30)(H,28,31). The summed E-state index contributed by atoms with van der Waals surface area (Å²) in [5.74, 6) is -0.495. The second-order valence-corrected chi connectivity index (χ2v) is 7.76. The summed E-state index contributed by atoms with van der Waals surface area (Å²) in [4.78, 5) is 37.1. The Kier molecular flexibility index (Phi) is 7.92. The molecule has 0 spiro atoms. The molecule has 0 saturated heterocycles. The average molecular weight is 474 g/mol. The lowest BCUT2D eigenvalue weighted by atomic mass is 10.1. The van der Waals surface area contributed by atoms with Crippen molar-refractivity contribution in [2.24, 2.45) is 0 Å². The zero-order valence-electron chi connectivity index (χ0n) is 17.2. The Bertz CT molecular complexity index is 1120. The number of carbonyl (C=O) groups excluding carboxylic acids is 3. The molecule has 3 rings (SSSR count). The minimum absolute atomic E-state index is 0.126. The summed E-state index contributed by atoms with van der Waals surface area (Å²) in [6.07, 6.45) is 1.54. The predicted molar refractivity (Wildman–Crippen MR) is 122 cm³/mol. The smallest absolute Gasteiger partial charge is 0.253 e. The molecule has 0 radical (unpaired) electrons. The molecular formula is C23H21Cl2N3O4. The van der Waals surface area contributed by atoms with Crippen molar-refractivity contribution in [2.45, 2.75) is 26.1 Å². The van der Waals surface area contributed by atoms with Crippen LogP contribution in [0.3, 0.4) is 0 Å². The summed E-state index contributed by atoms with van der Waals surface area (Å²) in [7, 11) is 0. The molecule has 0 aliphatic rings. The lowest BCUT2D eigenvalue weighted by Crippen LogP contribution is -2.44. The van der Waals surface area contributed by atoms with Gasteiger partial charge >= 0.3 is 0 Å². The van der Waals surface area contributed by atoms with Crippen LogP contribution in [0.5, 0.6) is 0 Å². The Balaban J connectivity index is 1.52. The fraction of sp³-hybridized carbons (Fsp3) is 0.174. The Morgan fingerprint density at radius 1 is 0.938 bits per heavy atom. The van der Waals surface area contributed by atoms with E-state index in [0.717, 1.165) is 5.56 Å². The summed E-state index contributed by atoms with van der Waals surface area (Å²) in [6, 6.07) is 14.3. The maximum Gasteiger partial charge on any atom is 0.253 e. The second kappa shape index (κ2) is 10.8. The van der Waals surface area contributed by atoms with Crippen LogP contribution in [0.25, 0.3) is 0 Å². The lowest BCUT2D eigenvalue weighted by Gasteiger charge is -2.15. The fourth-order valence-corrected chi connectivity index (χ4v) is 3.25. The van der Waals surface area contributed by atoms with E-state index in [2.05, 4.69) is 16.0 Å². The molecule has 1 unspecified atom stereocenters. The van der Waals surface area contributed by atoms with Crippen LogP contribution in [0.1, 0.15) is 39.0 Å². The van der Waals surface area contributed by atoms with Gasteiger partial charge in [0.25, 0.3) is 11.8 Å². The summed E-state index contributed by atoms with van der Waals surface area (Å²) in [5.41, 5.74) is 1.38. The molecule has 3 N–H and O–H groups in total. The molecule has 2 aromatic carbocycles. The van der Waals surface area contributed by atoms with Gasteiger partial charge in [-0.25, -0.2) is 0 Å². The summed E-state index contributed by atoms with van der Waals surface area (Å²) < 4.78 is 5.19. The highest BCUT2D eigenvalue weighted by Crippen LogP contribution is 2.25. The first-order valence-electron chi connectivity index (χ1n) is 9.77. The van der Waals surface area contributed by atoms with Gasteiger partial charge in [-0.2, -0.15) is 0 Å². The SMILES string of the molecule is CC(NC(=O)c1cccc(Cl)c1Cl)C(=O)NCc1cccc(C(=O)NCc2ccco2)c1. The highest BCUT2D eigenvalue weighted by molar-refractivity contribution is 6.43. The third kappa shape index (κ3) is 6.12. The largest absolute Gasteiger partial charge is 0.467 e. The van der Waals surface area contributed by atoms with Crippen molar-refractivity contribution in [1.29, 1.82) is 0 Å². The number of benzene rings is 2. The maximum absolute atomic E-state index is 12.4. The third-order valence-electron chi connectivity index (χ3n) is 4.60. The van der Waals surface area contributed by atoms with Crippen molar-refractivity contribution >= 4 is 40.9 Å². The first kappa shape index (κ1) is 23.4. The number of furan rings is 1. The van der Waals surface area contributed by atoms with Gasteiger partial charge in [-0.3, -0.25) is 14.4 Å². The predicted octanol–water partition coefficient (Wildman–Crippen LogP) is 3.95. The van der Waals surface area contributed by atoms with Gasteiger partial charge in [0.05, 0.1) is 28.4 Å². The van der Waals surface area contributed by atoms with Crippen LogP contribution >= 0.6 is 23.2 Å². The number of rotatable bonds is 8. The Morgan fingerprint density at radius 3 is 2.47 bits per heavy atom. The normalized spacial score (nSPS) is 11.5. The zero-order valence-corrected chi connectivity index (χ0v) is 18.7. The number of carbonyl (C=O) groups is 3. The van der Waals surface area contributed by atoms with Crippen molar-refractivity contribution < 1.29 is 18.8 Å². The number of amides is 3. The molecular weight excluding hydrogens is 453 g/mol. The van der Waals surface area contributed by atoms with E-state index in [1.807, 2.05) is 0 Å². The molecule has 0 fully saturated rings. The summed E-state index contributed by atoms with van der Waals surface area (Å²) >= 11 is 12.0. The van der Waals surface area contributed by atoms with E-state index in [4.69, 9.17) is 27.6 Å². The van der Waals surface area contributed by atoms with Gasteiger partial charge in [0, 0.05) is 12.1 Å². The molecule has 1 aromatic heterocycles. The number of nitrogens with one attached hydrogen (secondary N) is 3. The second-order valence-electron chi connectivity index (χ2n) is 6.98. The van der Waals surface area contributed by atoms with Crippen LogP contribution in [-0.2, 0) is 17.9 Å². The first-order valence-corrected chi connectivity index (χ1v) is 10.5. The van der Waals surface area contributed by atoms with Crippen LogP contribution in [0, 0.1) is 0 Å². The maximum atomic E-state index is 12.4. The third-order valence-corrected chi connectivity index (χ3v) is 5.42. The van der Waals surface area contributed by atoms with Gasteiger partial charge in [-0.05, 0) is 48.9 Å². The fourth-order valence-electron chi connectivity index (χ4n) is 2.87. The van der Waals surface area contributed by atoms with Gasteiger partial charge in [0.2, 0.25) is 5.91 Å². The highest BCUT2D eigenvalue weighted by Gasteiger charge is 2.19. The molecule has 32 heavy (non-hydrogen) atoms. The van der Waals surface area contributed by atoms with Crippen LogP contribution in [0.4, 0.5) is 0 Å². The molecule has 166 valence electrons. The van der Waals surface area contributed by atoms with Gasteiger partial charge in [-0.15, -0.1) is 0 Å². The summed E-state index contributed by atoms with van der Waals surface area (Å²) in [6.45, 7) is 2.03. The molecule has 0 aliphatic carbocycles. The number of halogens is 2. The van der Waals surface area contributed by atoms with Crippen molar-refractivity contribution in [3.8, 4) is 0 Å². The molecule has 3 amide bonds. The molecule has 0 saturated carbocycles. The Hall–Kier alpha value is -3.29. The van der Waals surface area contributed by atoms with E-state index in [0.29, 0.717) is 11.3 Å². The van der Waals surface area contributed by atoms with E-state index in [9.17, 15) is 14.4 Å². The van der Waals surface area contributed by atoms with E-state index >= 15 is 0 Å². The Morgan fingerprint density at radius 2 is 1.72 bits per heavy atom. The summed E-state index contributed by atoms with van der Waals surface area (Å²) in [5, 5.41) is 8.49. The highest BCUT2D eigenvalue weighted by atomic mass is 35.5. The van der Waals surface area contributed by atoms with Gasteiger partial charge in [0.15, 0.2) is 0 Å². The van der Waals surface area contributed by atoms with Crippen molar-refractivity contribution in [3.05, 3.63) is 93.4 Å². The monoisotopic (exact) mass is 473 g/mol. The van der Waals surface area contributed by atoms with Gasteiger partial charge in [0.1, 0.15) is 11.8 Å². The van der Waals surface area contributed by atoms with Gasteiger partial charge in [-0.1, -0.05) is 41.4 Å². The Labute approximate surface area is 195 Å². The molecule has 7 nitrogen and oxygen atoms in total. The topological polar surface area (TPSA) is 100 Å². The van der Waals surface area contributed by atoms with E-state index < -0.39 is 11.9 Å². The van der Waals surface area contributed by atoms with Crippen molar-refractivity contribution in [3.63, 3.8) is 0 Å². The lowest BCUT2D eigenvalue weighted by molar-refractivity contribution is -0.122. The number of hydrogen-bond donors (Lipinski definition) is 3. The van der Waals surface area contributed by atoms with E-state index in [1.54, 1.807) is 55.5 Å². The molecule has 0 bridgehead atoms. The average Bonchev–Trinajstić information content (AvgIpc) is 3.31. The van der Waals surface area contributed by atoms with Gasteiger partial charge < -0.3 is 20.4 Å². The number of hydrogen-bond acceptors (Lipinski definition) is 4. The van der Waals surface area contributed by atoms with Crippen molar-refractivity contribution in [1.82, 2.24) is 16.0 Å². The molecule has 0 aliphatic heterocycles. The van der Waals surface area contributed by atoms with E-state index in [-0.39, 0.29) is 40.5 Å². The zero-order chi connectivity index (χ0) is 23.1. The van der Waals surface area contributed by atoms with Crippen LogP contribution < -0.4 is 16.0 Å². The van der Waals surface area contributed by atoms with E-state index in [1.165, 1.54) is 12.3 Å². The molecule has 3 aromatic rings. The molecule has 1 atom stereocenters. The minimum atomic E-state index is -0.808. The van der Waals surface area contributed by atoms with Crippen LogP contribution in [-0.4, -0.2) is 23.8 Å². The molecule has 9 heteroatoms. The molecule has 1 heterocycles. The van der Waals surface area contributed by atoms with Crippen LogP contribution in [0.2, 0.25) is 10.0 Å². The quantitative estimate of drug-likeness (QED) is 0.460. The first-order chi connectivity index (χ1) is 15.3. The van der Waals surface area contributed by atoms with Crippen molar-refractivity contribution in [2.75, 3.05) is 0 Å².